The van der Waals surface area contributed by atoms with Gasteiger partial charge in [0.1, 0.15) is 5.82 Å². The highest BCUT2D eigenvalue weighted by atomic mass is 32.1. The number of H-pyrrole nitrogens is 1. The highest BCUT2D eigenvalue weighted by Gasteiger charge is 2.22. The van der Waals surface area contributed by atoms with Crippen LogP contribution in [0.25, 0.3) is 20.7 Å². The van der Waals surface area contributed by atoms with Gasteiger partial charge in [0.05, 0.1) is 22.5 Å². The van der Waals surface area contributed by atoms with Crippen molar-refractivity contribution in [3.05, 3.63) is 30.0 Å². The monoisotopic (exact) mass is 313 g/mol. The number of hydrogen-bond donors (Lipinski definition) is 1. The Kier molecular flexibility index (Phi) is 3.43. The van der Waals surface area contributed by atoms with Crippen LogP contribution in [-0.2, 0) is 0 Å². The van der Waals surface area contributed by atoms with Crippen molar-refractivity contribution in [2.24, 2.45) is 0 Å². The molecule has 0 saturated carbocycles. The molecule has 0 spiro atoms. The van der Waals surface area contributed by atoms with Gasteiger partial charge in [0.15, 0.2) is 0 Å². The van der Waals surface area contributed by atoms with E-state index >= 15 is 0 Å². The SMILES string of the molecule is Cc1[nH]ncc1-c1cc2nc(C(C)N3CCCC3)ncc2s1. The zero-order chi connectivity index (χ0) is 15.1. The number of aryl methyl sites for hydroxylation is 1. The third kappa shape index (κ3) is 2.32. The van der Waals surface area contributed by atoms with Gasteiger partial charge in [-0.2, -0.15) is 5.10 Å². The van der Waals surface area contributed by atoms with Crippen LogP contribution in [0.15, 0.2) is 18.5 Å². The molecule has 5 nitrogen and oxygen atoms in total. The zero-order valence-corrected chi connectivity index (χ0v) is 13.7. The van der Waals surface area contributed by atoms with Gasteiger partial charge in [0.2, 0.25) is 0 Å². The van der Waals surface area contributed by atoms with Gasteiger partial charge in [-0.15, -0.1) is 11.3 Å². The van der Waals surface area contributed by atoms with Crippen molar-refractivity contribution < 1.29 is 0 Å². The number of aromatic nitrogens is 4. The average molecular weight is 313 g/mol. The third-order valence-corrected chi connectivity index (χ3v) is 5.54. The van der Waals surface area contributed by atoms with Gasteiger partial charge < -0.3 is 0 Å². The normalized spacial score (nSPS) is 17.4. The van der Waals surface area contributed by atoms with Crippen molar-refractivity contribution in [1.29, 1.82) is 0 Å². The first-order chi connectivity index (χ1) is 10.7. The number of nitrogens with one attached hydrogen (secondary N) is 1. The van der Waals surface area contributed by atoms with Crippen LogP contribution in [-0.4, -0.2) is 38.2 Å². The van der Waals surface area contributed by atoms with E-state index in [9.17, 15) is 0 Å². The van der Waals surface area contributed by atoms with Crippen molar-refractivity contribution in [2.75, 3.05) is 13.1 Å². The number of likely N-dealkylation sites (tertiary alicyclic amines) is 1. The molecule has 1 aliphatic heterocycles. The molecule has 1 N–H and O–H groups in total. The fourth-order valence-electron chi connectivity index (χ4n) is 3.08. The number of fused-ring (bicyclic) bond motifs is 1. The van der Waals surface area contributed by atoms with Gasteiger partial charge in [0, 0.05) is 22.3 Å². The first-order valence-corrected chi connectivity index (χ1v) is 8.55. The molecule has 0 amide bonds. The van der Waals surface area contributed by atoms with Crippen LogP contribution in [0.1, 0.15) is 37.3 Å². The van der Waals surface area contributed by atoms with Crippen molar-refractivity contribution in [2.45, 2.75) is 32.7 Å². The van der Waals surface area contributed by atoms with Gasteiger partial charge in [-0.05, 0) is 45.8 Å². The Bertz CT molecular complexity index is 800. The molecule has 0 radical (unpaired) electrons. The minimum Gasteiger partial charge on any atom is -0.294 e. The molecule has 1 unspecified atom stereocenters. The van der Waals surface area contributed by atoms with E-state index in [0.29, 0.717) is 6.04 Å². The van der Waals surface area contributed by atoms with Gasteiger partial charge in [-0.25, -0.2) is 9.97 Å². The standard InChI is InChI=1S/C16H19N5S/c1-10-12(8-18-20-10)14-7-13-15(22-14)9-17-16(19-13)11(2)21-5-3-4-6-21/h7-9,11H,3-6H2,1-2H3,(H,18,20). The molecular formula is C16H19N5S. The first-order valence-electron chi connectivity index (χ1n) is 7.73. The molecule has 4 heterocycles. The van der Waals surface area contributed by atoms with Crippen LogP contribution in [0.4, 0.5) is 0 Å². The Labute approximate surface area is 133 Å². The van der Waals surface area contributed by atoms with E-state index in [4.69, 9.17) is 4.98 Å². The van der Waals surface area contributed by atoms with Gasteiger partial charge >= 0.3 is 0 Å². The molecule has 0 bridgehead atoms. The Hall–Kier alpha value is -1.79. The molecule has 1 atom stereocenters. The Balaban J connectivity index is 1.70. The number of rotatable bonds is 3. The lowest BCUT2D eigenvalue weighted by Crippen LogP contribution is -2.24. The number of aromatic amines is 1. The molecule has 4 rings (SSSR count). The lowest BCUT2D eigenvalue weighted by molar-refractivity contribution is 0.254. The molecule has 0 aliphatic carbocycles. The van der Waals surface area contributed by atoms with Gasteiger partial charge in [-0.3, -0.25) is 10.00 Å². The fraction of sp³-hybridized carbons (Fsp3) is 0.438. The summed E-state index contributed by atoms with van der Waals surface area (Å²) in [5.74, 6) is 0.933. The number of hydrogen-bond acceptors (Lipinski definition) is 5. The molecule has 1 fully saturated rings. The molecule has 3 aromatic rings. The highest BCUT2D eigenvalue weighted by Crippen LogP contribution is 2.34. The maximum absolute atomic E-state index is 4.81. The summed E-state index contributed by atoms with van der Waals surface area (Å²) in [6, 6.07) is 2.45. The number of thiophene rings is 1. The molecule has 6 heteroatoms. The highest BCUT2D eigenvalue weighted by molar-refractivity contribution is 7.22. The van der Waals surface area contributed by atoms with Crippen LogP contribution in [0, 0.1) is 6.92 Å². The molecule has 1 saturated heterocycles. The third-order valence-electron chi connectivity index (χ3n) is 4.45. The van der Waals surface area contributed by atoms with E-state index in [1.807, 2.05) is 19.3 Å². The van der Waals surface area contributed by atoms with E-state index in [1.165, 1.54) is 17.7 Å². The van der Waals surface area contributed by atoms with Crippen LogP contribution < -0.4 is 0 Å². The van der Waals surface area contributed by atoms with E-state index in [0.717, 1.165) is 40.4 Å². The van der Waals surface area contributed by atoms with E-state index < -0.39 is 0 Å². The molecule has 114 valence electrons. The maximum Gasteiger partial charge on any atom is 0.145 e. The van der Waals surface area contributed by atoms with Gasteiger partial charge in [-0.1, -0.05) is 0 Å². The second kappa shape index (κ2) is 5.44. The Morgan fingerprint density at radius 3 is 2.82 bits per heavy atom. The second-order valence-electron chi connectivity index (χ2n) is 5.92. The summed E-state index contributed by atoms with van der Waals surface area (Å²) < 4.78 is 1.13. The predicted molar refractivity (Wildman–Crippen MR) is 89.0 cm³/mol. The predicted octanol–water partition coefficient (Wildman–Crippen LogP) is 3.55. The smallest absolute Gasteiger partial charge is 0.145 e. The summed E-state index contributed by atoms with van der Waals surface area (Å²) >= 11 is 1.72. The van der Waals surface area contributed by atoms with Crippen molar-refractivity contribution in [1.82, 2.24) is 25.1 Å². The van der Waals surface area contributed by atoms with Crippen molar-refractivity contribution in [3.63, 3.8) is 0 Å². The molecule has 1 aliphatic rings. The van der Waals surface area contributed by atoms with Crippen molar-refractivity contribution >= 4 is 21.6 Å². The lowest BCUT2D eigenvalue weighted by atomic mass is 10.2. The summed E-state index contributed by atoms with van der Waals surface area (Å²) in [5, 5.41) is 7.10. The fourth-order valence-corrected chi connectivity index (χ4v) is 4.12. The molecular weight excluding hydrogens is 294 g/mol. The lowest BCUT2D eigenvalue weighted by Gasteiger charge is -2.21. The number of nitrogens with zero attached hydrogens (tertiary/aromatic N) is 4. The first kappa shape index (κ1) is 13.8. The topological polar surface area (TPSA) is 57.7 Å². The summed E-state index contributed by atoms with van der Waals surface area (Å²) in [7, 11) is 0. The summed E-state index contributed by atoms with van der Waals surface area (Å²) in [4.78, 5) is 13.1. The average Bonchev–Trinajstić information content (AvgIpc) is 3.25. The van der Waals surface area contributed by atoms with E-state index in [-0.39, 0.29) is 0 Å². The quantitative estimate of drug-likeness (QED) is 0.803. The minimum absolute atomic E-state index is 0.297. The molecule has 3 aromatic heterocycles. The second-order valence-corrected chi connectivity index (χ2v) is 7.00. The minimum atomic E-state index is 0.297. The van der Waals surface area contributed by atoms with Crippen LogP contribution in [0.2, 0.25) is 0 Å². The maximum atomic E-state index is 4.81. The van der Waals surface area contributed by atoms with Crippen molar-refractivity contribution in [3.8, 4) is 10.4 Å². The van der Waals surface area contributed by atoms with E-state index in [2.05, 4.69) is 33.1 Å². The molecule has 22 heavy (non-hydrogen) atoms. The zero-order valence-electron chi connectivity index (χ0n) is 12.8. The Morgan fingerprint density at radius 2 is 2.09 bits per heavy atom. The van der Waals surface area contributed by atoms with E-state index in [1.54, 1.807) is 11.3 Å². The largest absolute Gasteiger partial charge is 0.294 e. The summed E-state index contributed by atoms with van der Waals surface area (Å²) in [6.07, 6.45) is 6.42. The van der Waals surface area contributed by atoms with Crippen LogP contribution >= 0.6 is 11.3 Å². The summed E-state index contributed by atoms with van der Waals surface area (Å²) in [6.45, 7) is 6.57. The van der Waals surface area contributed by atoms with Gasteiger partial charge in [0.25, 0.3) is 0 Å². The summed E-state index contributed by atoms with van der Waals surface area (Å²) in [5.41, 5.74) is 3.28. The molecule has 0 aromatic carbocycles. The Morgan fingerprint density at radius 1 is 1.27 bits per heavy atom. The van der Waals surface area contributed by atoms with Crippen LogP contribution in [0.5, 0.6) is 0 Å². The van der Waals surface area contributed by atoms with Crippen LogP contribution in [0.3, 0.4) is 0 Å².